The van der Waals surface area contributed by atoms with Crippen molar-refractivity contribution in [3.05, 3.63) is 95.3 Å². The maximum atomic E-state index is 13.3. The summed E-state index contributed by atoms with van der Waals surface area (Å²) in [4.78, 5) is 13.3. The van der Waals surface area contributed by atoms with Crippen LogP contribution in [-0.4, -0.2) is 20.3 Å². The fourth-order valence-corrected chi connectivity index (χ4v) is 3.72. The minimum atomic E-state index is -0.153. The highest BCUT2D eigenvalue weighted by Gasteiger charge is 2.21. The quantitative estimate of drug-likeness (QED) is 0.515. The van der Waals surface area contributed by atoms with E-state index in [0.29, 0.717) is 5.69 Å². The van der Waals surface area contributed by atoms with Crippen LogP contribution < -0.4 is 5.32 Å². The van der Waals surface area contributed by atoms with Crippen LogP contribution in [0.25, 0.3) is 17.1 Å². The molecule has 0 radical (unpaired) electrons. The molecule has 2 aromatic carbocycles. The molecule has 5 heteroatoms. The first-order valence-electron chi connectivity index (χ1n) is 10.1. The van der Waals surface area contributed by atoms with Gasteiger partial charge in [0.2, 0.25) is 0 Å². The number of aryl methyl sites for hydroxylation is 3. The molecule has 4 rings (SSSR count). The molecule has 2 aromatic heterocycles. The van der Waals surface area contributed by atoms with Gasteiger partial charge in [-0.05, 0) is 56.2 Å². The Morgan fingerprint density at radius 2 is 1.77 bits per heavy atom. The summed E-state index contributed by atoms with van der Waals surface area (Å²) >= 11 is 0. The van der Waals surface area contributed by atoms with Crippen molar-refractivity contribution >= 4 is 5.91 Å². The number of amides is 1. The average molecular weight is 399 g/mol. The Morgan fingerprint density at radius 1 is 1.00 bits per heavy atom. The van der Waals surface area contributed by atoms with E-state index in [1.54, 1.807) is 4.68 Å². The minimum Gasteiger partial charge on any atom is -0.349 e. The standard InChI is InChI=1S/C25H26N4O/c1-17-12-13-22(18(2)15-17)29-24(16-21(27-29)23-11-8-14-28(23)4)25(30)26-19(3)20-9-6-5-7-10-20/h5-16,19H,1-4H3,(H,26,30). The molecule has 0 aliphatic carbocycles. The minimum absolute atomic E-state index is 0.111. The summed E-state index contributed by atoms with van der Waals surface area (Å²) in [6, 6.07) is 21.9. The number of hydrogen-bond acceptors (Lipinski definition) is 2. The molecule has 1 atom stereocenters. The van der Waals surface area contributed by atoms with Gasteiger partial charge in [0.15, 0.2) is 0 Å². The number of carbonyl (C=O) groups is 1. The van der Waals surface area contributed by atoms with Crippen LogP contribution in [0.4, 0.5) is 0 Å². The normalized spacial score (nSPS) is 12.0. The van der Waals surface area contributed by atoms with Crippen molar-refractivity contribution in [3.8, 4) is 17.1 Å². The number of benzene rings is 2. The number of hydrogen-bond donors (Lipinski definition) is 1. The zero-order valence-corrected chi connectivity index (χ0v) is 17.8. The van der Waals surface area contributed by atoms with Gasteiger partial charge in [-0.3, -0.25) is 4.79 Å². The number of nitrogens with one attached hydrogen (secondary N) is 1. The molecule has 0 spiro atoms. The monoisotopic (exact) mass is 398 g/mol. The Labute approximate surface area is 177 Å². The van der Waals surface area contributed by atoms with Gasteiger partial charge in [0.1, 0.15) is 11.4 Å². The molecule has 1 N–H and O–H groups in total. The summed E-state index contributed by atoms with van der Waals surface area (Å²) in [7, 11) is 1.97. The Balaban J connectivity index is 1.76. The van der Waals surface area contributed by atoms with Crippen LogP contribution in [0.1, 0.15) is 40.1 Å². The largest absolute Gasteiger partial charge is 0.349 e. The van der Waals surface area contributed by atoms with Gasteiger partial charge in [-0.15, -0.1) is 0 Å². The van der Waals surface area contributed by atoms with Crippen LogP contribution in [0, 0.1) is 13.8 Å². The molecule has 0 aliphatic rings. The third kappa shape index (κ3) is 3.79. The highest BCUT2D eigenvalue weighted by Crippen LogP contribution is 2.24. The van der Waals surface area contributed by atoms with Crippen LogP contribution in [0.5, 0.6) is 0 Å². The number of carbonyl (C=O) groups excluding carboxylic acids is 1. The van der Waals surface area contributed by atoms with E-state index in [0.717, 1.165) is 28.2 Å². The first-order chi connectivity index (χ1) is 14.4. The molecule has 0 aliphatic heterocycles. The van der Waals surface area contributed by atoms with Gasteiger partial charge in [-0.25, -0.2) is 4.68 Å². The zero-order chi connectivity index (χ0) is 21.3. The van der Waals surface area contributed by atoms with Crippen molar-refractivity contribution in [2.75, 3.05) is 0 Å². The smallest absolute Gasteiger partial charge is 0.270 e. The molecule has 1 unspecified atom stereocenters. The third-order valence-electron chi connectivity index (χ3n) is 5.38. The third-order valence-corrected chi connectivity index (χ3v) is 5.38. The number of nitrogens with zero attached hydrogens (tertiary/aromatic N) is 3. The second kappa shape index (κ2) is 8.03. The lowest BCUT2D eigenvalue weighted by Crippen LogP contribution is -2.28. The number of aromatic nitrogens is 3. The van der Waals surface area contributed by atoms with E-state index in [-0.39, 0.29) is 11.9 Å². The van der Waals surface area contributed by atoms with E-state index < -0.39 is 0 Å². The molecular weight excluding hydrogens is 372 g/mol. The Bertz CT molecular complexity index is 1190. The molecule has 152 valence electrons. The highest BCUT2D eigenvalue weighted by molar-refractivity contribution is 5.94. The van der Waals surface area contributed by atoms with Crippen molar-refractivity contribution in [1.29, 1.82) is 0 Å². The van der Waals surface area contributed by atoms with Gasteiger partial charge in [0.25, 0.3) is 5.91 Å². The second-order valence-corrected chi connectivity index (χ2v) is 7.73. The van der Waals surface area contributed by atoms with Crippen LogP contribution in [-0.2, 0) is 7.05 Å². The van der Waals surface area contributed by atoms with Crippen LogP contribution in [0.2, 0.25) is 0 Å². The Morgan fingerprint density at radius 3 is 2.43 bits per heavy atom. The second-order valence-electron chi connectivity index (χ2n) is 7.73. The first kappa shape index (κ1) is 19.7. The lowest BCUT2D eigenvalue weighted by Gasteiger charge is -2.15. The maximum Gasteiger partial charge on any atom is 0.270 e. The van der Waals surface area contributed by atoms with Gasteiger partial charge in [-0.2, -0.15) is 5.10 Å². The zero-order valence-electron chi connectivity index (χ0n) is 17.8. The molecular formula is C25H26N4O. The number of rotatable bonds is 5. The Hall–Kier alpha value is -3.60. The predicted molar refractivity (Wildman–Crippen MR) is 120 cm³/mol. The fourth-order valence-electron chi connectivity index (χ4n) is 3.72. The fraction of sp³-hybridized carbons (Fsp3) is 0.200. The highest BCUT2D eigenvalue weighted by atomic mass is 16.2. The molecule has 4 aromatic rings. The predicted octanol–water partition coefficient (Wildman–Crippen LogP) is 4.99. The topological polar surface area (TPSA) is 51.9 Å². The molecule has 2 heterocycles. The summed E-state index contributed by atoms with van der Waals surface area (Å²) in [6.45, 7) is 6.09. The van der Waals surface area contributed by atoms with Crippen LogP contribution in [0.15, 0.2) is 72.9 Å². The first-order valence-corrected chi connectivity index (χ1v) is 10.1. The van der Waals surface area contributed by atoms with E-state index in [2.05, 4.69) is 18.3 Å². The van der Waals surface area contributed by atoms with Crippen molar-refractivity contribution < 1.29 is 4.79 Å². The molecule has 5 nitrogen and oxygen atoms in total. The SMILES string of the molecule is Cc1ccc(-n2nc(-c3cccn3C)cc2C(=O)NC(C)c2ccccc2)c(C)c1. The average Bonchev–Trinajstić information content (AvgIpc) is 3.35. The van der Waals surface area contributed by atoms with E-state index in [1.807, 2.05) is 92.3 Å². The molecule has 30 heavy (non-hydrogen) atoms. The summed E-state index contributed by atoms with van der Waals surface area (Å²) in [5, 5.41) is 7.93. The lowest BCUT2D eigenvalue weighted by molar-refractivity contribution is 0.0932. The van der Waals surface area contributed by atoms with Gasteiger partial charge in [-0.1, -0.05) is 48.0 Å². The van der Waals surface area contributed by atoms with Crippen molar-refractivity contribution in [3.63, 3.8) is 0 Å². The van der Waals surface area contributed by atoms with Crippen molar-refractivity contribution in [1.82, 2.24) is 19.7 Å². The van der Waals surface area contributed by atoms with Crippen molar-refractivity contribution in [2.45, 2.75) is 26.8 Å². The van der Waals surface area contributed by atoms with Gasteiger partial charge < -0.3 is 9.88 Å². The van der Waals surface area contributed by atoms with Gasteiger partial charge >= 0.3 is 0 Å². The molecule has 0 saturated heterocycles. The van der Waals surface area contributed by atoms with Crippen LogP contribution in [0.3, 0.4) is 0 Å². The summed E-state index contributed by atoms with van der Waals surface area (Å²) in [5.74, 6) is -0.153. The van der Waals surface area contributed by atoms with Gasteiger partial charge in [0.05, 0.1) is 17.4 Å². The maximum absolute atomic E-state index is 13.3. The van der Waals surface area contributed by atoms with E-state index in [4.69, 9.17) is 5.10 Å². The van der Waals surface area contributed by atoms with E-state index in [1.165, 1.54) is 5.56 Å². The summed E-state index contributed by atoms with van der Waals surface area (Å²) in [5.41, 5.74) is 6.45. The molecule has 0 saturated carbocycles. The summed E-state index contributed by atoms with van der Waals surface area (Å²) < 4.78 is 3.76. The summed E-state index contributed by atoms with van der Waals surface area (Å²) in [6.07, 6.45) is 1.97. The van der Waals surface area contributed by atoms with E-state index in [9.17, 15) is 4.79 Å². The van der Waals surface area contributed by atoms with Crippen molar-refractivity contribution in [2.24, 2.45) is 7.05 Å². The molecule has 0 fully saturated rings. The molecule has 0 bridgehead atoms. The molecule has 1 amide bonds. The van der Waals surface area contributed by atoms with E-state index >= 15 is 0 Å². The lowest BCUT2D eigenvalue weighted by atomic mass is 10.1. The van der Waals surface area contributed by atoms with Crippen LogP contribution >= 0.6 is 0 Å². The Kier molecular flexibility index (Phi) is 5.27. The van der Waals surface area contributed by atoms with Gasteiger partial charge in [0, 0.05) is 13.2 Å².